The van der Waals surface area contributed by atoms with Gasteiger partial charge in [-0.1, -0.05) is 6.07 Å². The van der Waals surface area contributed by atoms with E-state index in [1.165, 1.54) is 37.3 Å². The lowest BCUT2D eigenvalue weighted by Crippen LogP contribution is -1.96. The largest absolute Gasteiger partial charge is 0.454 e. The van der Waals surface area contributed by atoms with Gasteiger partial charge in [-0.3, -0.25) is 14.9 Å². The van der Waals surface area contributed by atoms with Gasteiger partial charge < -0.3 is 4.74 Å². The molecule has 0 N–H and O–H groups in total. The van der Waals surface area contributed by atoms with Gasteiger partial charge in [-0.15, -0.1) is 0 Å². The predicted octanol–water partition coefficient (Wildman–Crippen LogP) is 3.65. The number of benzene rings is 2. The van der Waals surface area contributed by atoms with Crippen molar-refractivity contribution < 1.29 is 18.8 Å². The zero-order valence-electron chi connectivity index (χ0n) is 10.5. The minimum Gasteiger partial charge on any atom is -0.454 e. The van der Waals surface area contributed by atoms with Crippen LogP contribution in [-0.4, -0.2) is 11.2 Å². The fourth-order valence-electron chi connectivity index (χ4n) is 1.70. The molecule has 0 atom stereocenters. The lowest BCUT2D eigenvalue weighted by Gasteiger charge is -2.09. The molecule has 2 aromatic rings. The number of halogens is 1. The van der Waals surface area contributed by atoms with E-state index in [0.717, 1.165) is 6.07 Å². The number of nitro groups is 1. The molecule has 0 heterocycles. The van der Waals surface area contributed by atoms with E-state index in [4.69, 9.17) is 4.74 Å². The Morgan fingerprint density at radius 1 is 1.25 bits per heavy atom. The van der Waals surface area contributed by atoms with Gasteiger partial charge in [-0.05, 0) is 31.2 Å². The fraction of sp³-hybridized carbons (Fsp3) is 0.0714. The zero-order valence-corrected chi connectivity index (χ0v) is 10.5. The highest BCUT2D eigenvalue weighted by molar-refractivity contribution is 5.75. The molecule has 5 nitrogen and oxygen atoms in total. The Morgan fingerprint density at radius 3 is 2.60 bits per heavy atom. The van der Waals surface area contributed by atoms with Crippen molar-refractivity contribution in [2.24, 2.45) is 0 Å². The van der Waals surface area contributed by atoms with Gasteiger partial charge in [0.2, 0.25) is 0 Å². The maximum atomic E-state index is 13.7. The molecular weight excluding hydrogens is 265 g/mol. The minimum atomic E-state index is -0.708. The number of nitro benzene ring substituents is 1. The molecule has 0 unspecified atom stereocenters. The SMILES string of the molecule is Cc1c(Oc2ccc(C=O)cc2F)cccc1[N+](=O)[O-]. The number of hydrogen-bond acceptors (Lipinski definition) is 4. The summed E-state index contributed by atoms with van der Waals surface area (Å²) in [6, 6.07) is 8.05. The molecule has 0 amide bonds. The topological polar surface area (TPSA) is 69.4 Å². The van der Waals surface area contributed by atoms with E-state index in [1.54, 1.807) is 0 Å². The van der Waals surface area contributed by atoms with Crippen LogP contribution >= 0.6 is 0 Å². The van der Waals surface area contributed by atoms with Crippen LogP contribution in [0, 0.1) is 22.9 Å². The van der Waals surface area contributed by atoms with E-state index >= 15 is 0 Å². The van der Waals surface area contributed by atoms with Crippen molar-refractivity contribution in [2.75, 3.05) is 0 Å². The Kier molecular flexibility index (Phi) is 3.74. The van der Waals surface area contributed by atoms with Crippen LogP contribution in [0.4, 0.5) is 10.1 Å². The van der Waals surface area contributed by atoms with Gasteiger partial charge >= 0.3 is 0 Å². The molecule has 0 fully saturated rings. The molecule has 0 saturated heterocycles. The third-order valence-electron chi connectivity index (χ3n) is 2.76. The molecular formula is C14H10FNO4. The van der Waals surface area contributed by atoms with Crippen LogP contribution in [0.25, 0.3) is 0 Å². The summed E-state index contributed by atoms with van der Waals surface area (Å²) in [7, 11) is 0. The number of ether oxygens (including phenoxy) is 1. The van der Waals surface area contributed by atoms with Crippen molar-refractivity contribution in [1.29, 1.82) is 0 Å². The van der Waals surface area contributed by atoms with Crippen molar-refractivity contribution in [3.63, 3.8) is 0 Å². The quantitative estimate of drug-likeness (QED) is 0.485. The first-order valence-electron chi connectivity index (χ1n) is 5.69. The van der Waals surface area contributed by atoms with Crippen molar-refractivity contribution in [3.8, 4) is 11.5 Å². The van der Waals surface area contributed by atoms with Gasteiger partial charge in [0.25, 0.3) is 5.69 Å². The highest BCUT2D eigenvalue weighted by Crippen LogP contribution is 2.32. The fourth-order valence-corrected chi connectivity index (χ4v) is 1.70. The van der Waals surface area contributed by atoms with Crippen LogP contribution in [0.2, 0.25) is 0 Å². The maximum absolute atomic E-state index is 13.7. The first-order chi connectivity index (χ1) is 9.52. The molecule has 0 aliphatic rings. The second-order valence-electron chi connectivity index (χ2n) is 4.07. The molecule has 0 aromatic heterocycles. The summed E-state index contributed by atoms with van der Waals surface area (Å²) in [5.74, 6) is -0.614. The Bertz CT molecular complexity index is 685. The predicted molar refractivity (Wildman–Crippen MR) is 69.7 cm³/mol. The van der Waals surface area contributed by atoms with Crippen molar-refractivity contribution in [2.45, 2.75) is 6.92 Å². The van der Waals surface area contributed by atoms with Crippen LogP contribution in [0.3, 0.4) is 0 Å². The van der Waals surface area contributed by atoms with Crippen LogP contribution < -0.4 is 4.74 Å². The number of carbonyl (C=O) groups excluding carboxylic acids is 1. The average Bonchev–Trinajstić information content (AvgIpc) is 2.42. The Balaban J connectivity index is 2.38. The van der Waals surface area contributed by atoms with Gasteiger partial charge in [-0.25, -0.2) is 4.39 Å². The van der Waals surface area contributed by atoms with E-state index < -0.39 is 10.7 Å². The second kappa shape index (κ2) is 5.48. The molecule has 2 aromatic carbocycles. The molecule has 0 aliphatic carbocycles. The number of nitrogens with zero attached hydrogens (tertiary/aromatic N) is 1. The smallest absolute Gasteiger partial charge is 0.276 e. The Labute approximate surface area is 113 Å². The second-order valence-corrected chi connectivity index (χ2v) is 4.07. The third kappa shape index (κ3) is 2.64. The van der Waals surface area contributed by atoms with Crippen LogP contribution in [0.1, 0.15) is 15.9 Å². The molecule has 0 radical (unpaired) electrons. The van der Waals surface area contributed by atoms with Crippen LogP contribution in [-0.2, 0) is 0 Å². The number of aldehydes is 1. The van der Waals surface area contributed by atoms with E-state index in [9.17, 15) is 19.3 Å². The molecule has 0 saturated carbocycles. The summed E-state index contributed by atoms with van der Waals surface area (Å²) < 4.78 is 19.0. The number of rotatable bonds is 4. The van der Waals surface area contributed by atoms with Crippen LogP contribution in [0.15, 0.2) is 36.4 Å². The van der Waals surface area contributed by atoms with Gasteiger partial charge in [0.1, 0.15) is 12.0 Å². The lowest BCUT2D eigenvalue weighted by molar-refractivity contribution is -0.385. The number of carbonyl (C=O) groups is 1. The molecule has 0 aliphatic heterocycles. The minimum absolute atomic E-state index is 0.0980. The van der Waals surface area contributed by atoms with E-state index in [1.807, 2.05) is 0 Å². The molecule has 2 rings (SSSR count). The highest BCUT2D eigenvalue weighted by atomic mass is 19.1. The Morgan fingerprint density at radius 2 is 2.00 bits per heavy atom. The van der Waals surface area contributed by atoms with Crippen LogP contribution in [0.5, 0.6) is 11.5 Å². The first-order valence-corrected chi connectivity index (χ1v) is 5.69. The molecule has 102 valence electrons. The molecule has 6 heteroatoms. The molecule has 20 heavy (non-hydrogen) atoms. The standard InChI is InChI=1S/C14H10FNO4/c1-9-12(16(18)19)3-2-4-13(9)20-14-6-5-10(8-17)7-11(14)15/h2-8H,1H3. The van der Waals surface area contributed by atoms with E-state index in [-0.39, 0.29) is 22.7 Å². The summed E-state index contributed by atoms with van der Waals surface area (Å²) in [6.07, 6.45) is 0.519. The summed E-state index contributed by atoms with van der Waals surface area (Å²) >= 11 is 0. The molecule has 0 spiro atoms. The summed E-state index contributed by atoms with van der Waals surface area (Å²) in [5.41, 5.74) is 0.384. The monoisotopic (exact) mass is 275 g/mol. The first kappa shape index (κ1) is 13.7. The van der Waals surface area contributed by atoms with Crippen molar-refractivity contribution >= 4 is 12.0 Å². The molecule has 0 bridgehead atoms. The summed E-state index contributed by atoms with van der Waals surface area (Å²) in [4.78, 5) is 20.8. The summed E-state index contributed by atoms with van der Waals surface area (Å²) in [6.45, 7) is 1.52. The Hall–Kier alpha value is -2.76. The zero-order chi connectivity index (χ0) is 14.7. The third-order valence-corrected chi connectivity index (χ3v) is 2.76. The van der Waals surface area contributed by atoms with Gasteiger partial charge in [0.05, 0.1) is 10.5 Å². The normalized spacial score (nSPS) is 10.1. The van der Waals surface area contributed by atoms with Crippen molar-refractivity contribution in [3.05, 3.63) is 63.5 Å². The highest BCUT2D eigenvalue weighted by Gasteiger charge is 2.15. The average molecular weight is 275 g/mol. The van der Waals surface area contributed by atoms with Gasteiger partial charge in [0, 0.05) is 11.6 Å². The lowest BCUT2D eigenvalue weighted by atomic mass is 10.2. The van der Waals surface area contributed by atoms with E-state index in [0.29, 0.717) is 11.8 Å². The van der Waals surface area contributed by atoms with E-state index in [2.05, 4.69) is 0 Å². The van der Waals surface area contributed by atoms with Gasteiger partial charge in [0.15, 0.2) is 11.6 Å². The van der Waals surface area contributed by atoms with Gasteiger partial charge in [-0.2, -0.15) is 0 Å². The maximum Gasteiger partial charge on any atom is 0.276 e. The van der Waals surface area contributed by atoms with Crippen molar-refractivity contribution in [1.82, 2.24) is 0 Å². The summed E-state index contributed by atoms with van der Waals surface area (Å²) in [5, 5.41) is 10.8. The number of hydrogen-bond donors (Lipinski definition) is 0.